The lowest BCUT2D eigenvalue weighted by Crippen LogP contribution is -2.02. The number of aryl methyl sites for hydroxylation is 1. The van der Waals surface area contributed by atoms with Crippen LogP contribution in [0.3, 0.4) is 0 Å². The largest absolute Gasteiger partial charge is 0.488 e. The van der Waals surface area contributed by atoms with Gasteiger partial charge < -0.3 is 9.15 Å². The number of hydrogen-bond acceptors (Lipinski definition) is 3. The predicted molar refractivity (Wildman–Crippen MR) is 72.1 cm³/mol. The fourth-order valence-electron chi connectivity index (χ4n) is 1.77. The number of hydrogen-bond donors (Lipinski definition) is 0. The molecule has 94 valence electrons. The standard InChI is InChI=1S/C15H16O3/c1-10(2)7-8-17-13-9-14(16)18-12-6-4-5-11(3)15(12)13/h4-7,9H,8H2,1-3H3. The van der Waals surface area contributed by atoms with Crippen molar-refractivity contribution >= 4 is 11.0 Å². The van der Waals surface area contributed by atoms with Crippen molar-refractivity contribution in [3.63, 3.8) is 0 Å². The van der Waals surface area contributed by atoms with Crippen LogP contribution in [0, 0.1) is 6.92 Å². The van der Waals surface area contributed by atoms with Crippen molar-refractivity contribution in [2.24, 2.45) is 0 Å². The summed E-state index contributed by atoms with van der Waals surface area (Å²) in [4.78, 5) is 11.5. The highest BCUT2D eigenvalue weighted by Gasteiger charge is 2.08. The van der Waals surface area contributed by atoms with Gasteiger partial charge in [0, 0.05) is 0 Å². The van der Waals surface area contributed by atoms with Crippen LogP contribution >= 0.6 is 0 Å². The van der Waals surface area contributed by atoms with Gasteiger partial charge in [-0.3, -0.25) is 0 Å². The molecule has 1 aromatic carbocycles. The van der Waals surface area contributed by atoms with Crippen molar-refractivity contribution in [3.8, 4) is 5.75 Å². The molecule has 0 amide bonds. The molecule has 0 aliphatic rings. The van der Waals surface area contributed by atoms with Crippen molar-refractivity contribution in [3.05, 3.63) is 51.9 Å². The molecule has 3 nitrogen and oxygen atoms in total. The molecule has 1 aromatic heterocycles. The number of ether oxygens (including phenoxy) is 1. The molecule has 0 saturated heterocycles. The summed E-state index contributed by atoms with van der Waals surface area (Å²) in [5.41, 5.74) is 2.39. The Morgan fingerprint density at radius 1 is 1.39 bits per heavy atom. The van der Waals surface area contributed by atoms with Crippen LogP contribution in [-0.4, -0.2) is 6.61 Å². The molecule has 0 fully saturated rings. The predicted octanol–water partition coefficient (Wildman–Crippen LogP) is 3.45. The Bertz CT molecular complexity index is 646. The molecule has 1 heterocycles. The molecule has 0 N–H and O–H groups in total. The van der Waals surface area contributed by atoms with Crippen molar-refractivity contribution in [1.29, 1.82) is 0 Å². The molecule has 2 aromatic rings. The molecular weight excluding hydrogens is 228 g/mol. The van der Waals surface area contributed by atoms with E-state index in [0.717, 1.165) is 10.9 Å². The van der Waals surface area contributed by atoms with Gasteiger partial charge >= 0.3 is 5.63 Å². The minimum absolute atomic E-state index is 0.389. The van der Waals surface area contributed by atoms with Crippen LogP contribution in [0.5, 0.6) is 5.75 Å². The average Bonchev–Trinajstić information content (AvgIpc) is 2.27. The second-order valence-corrected chi connectivity index (χ2v) is 4.47. The van der Waals surface area contributed by atoms with Crippen LogP contribution in [0.25, 0.3) is 11.0 Å². The van der Waals surface area contributed by atoms with Gasteiger partial charge in [0.15, 0.2) is 0 Å². The zero-order valence-corrected chi connectivity index (χ0v) is 10.8. The van der Waals surface area contributed by atoms with Gasteiger partial charge in [0.1, 0.15) is 17.9 Å². The maximum absolute atomic E-state index is 11.5. The van der Waals surface area contributed by atoms with E-state index in [1.54, 1.807) is 6.07 Å². The summed E-state index contributed by atoms with van der Waals surface area (Å²) in [7, 11) is 0. The monoisotopic (exact) mass is 244 g/mol. The van der Waals surface area contributed by atoms with Gasteiger partial charge in [0.05, 0.1) is 11.5 Å². The third-order valence-electron chi connectivity index (χ3n) is 2.67. The third-order valence-corrected chi connectivity index (χ3v) is 2.67. The summed E-state index contributed by atoms with van der Waals surface area (Å²) in [6.45, 7) is 6.43. The first-order chi connectivity index (χ1) is 8.58. The van der Waals surface area contributed by atoms with E-state index in [9.17, 15) is 4.79 Å². The number of benzene rings is 1. The van der Waals surface area contributed by atoms with Crippen LogP contribution in [-0.2, 0) is 0 Å². The molecule has 2 rings (SSSR count). The summed E-state index contributed by atoms with van der Waals surface area (Å²) in [6.07, 6.45) is 1.97. The number of rotatable bonds is 3. The SMILES string of the molecule is CC(C)=CCOc1cc(=O)oc2cccc(C)c12. The molecule has 0 aliphatic carbocycles. The Hall–Kier alpha value is -2.03. The molecule has 0 aliphatic heterocycles. The summed E-state index contributed by atoms with van der Waals surface area (Å²) in [5.74, 6) is 0.580. The summed E-state index contributed by atoms with van der Waals surface area (Å²) in [5, 5.41) is 0.860. The average molecular weight is 244 g/mol. The van der Waals surface area contributed by atoms with E-state index in [-0.39, 0.29) is 5.63 Å². The van der Waals surface area contributed by atoms with E-state index in [0.29, 0.717) is 17.9 Å². The molecule has 18 heavy (non-hydrogen) atoms. The first-order valence-corrected chi connectivity index (χ1v) is 5.87. The van der Waals surface area contributed by atoms with Crippen LogP contribution in [0.15, 0.2) is 45.1 Å². The summed E-state index contributed by atoms with van der Waals surface area (Å²) >= 11 is 0. The molecule has 0 radical (unpaired) electrons. The quantitative estimate of drug-likeness (QED) is 0.613. The molecule has 0 spiro atoms. The second kappa shape index (κ2) is 5.08. The Balaban J connectivity index is 2.48. The van der Waals surface area contributed by atoms with Crippen LogP contribution in [0.4, 0.5) is 0 Å². The fourth-order valence-corrected chi connectivity index (χ4v) is 1.77. The second-order valence-electron chi connectivity index (χ2n) is 4.47. The van der Waals surface area contributed by atoms with Gasteiger partial charge in [-0.1, -0.05) is 17.7 Å². The van der Waals surface area contributed by atoms with Crippen molar-refractivity contribution < 1.29 is 9.15 Å². The summed E-state index contributed by atoms with van der Waals surface area (Å²) < 4.78 is 10.8. The van der Waals surface area contributed by atoms with E-state index in [1.807, 2.05) is 39.0 Å². The third kappa shape index (κ3) is 2.62. The Morgan fingerprint density at radius 3 is 2.89 bits per heavy atom. The van der Waals surface area contributed by atoms with Gasteiger partial charge in [-0.2, -0.15) is 0 Å². The topological polar surface area (TPSA) is 39.4 Å². The van der Waals surface area contributed by atoms with E-state index in [4.69, 9.17) is 9.15 Å². The minimum Gasteiger partial charge on any atom is -0.488 e. The smallest absolute Gasteiger partial charge is 0.339 e. The zero-order chi connectivity index (χ0) is 13.1. The van der Waals surface area contributed by atoms with E-state index < -0.39 is 0 Å². The van der Waals surface area contributed by atoms with Gasteiger partial charge in [-0.25, -0.2) is 4.79 Å². The first kappa shape index (κ1) is 12.4. The lowest BCUT2D eigenvalue weighted by Gasteiger charge is -2.08. The van der Waals surface area contributed by atoms with Crippen molar-refractivity contribution in [2.45, 2.75) is 20.8 Å². The highest BCUT2D eigenvalue weighted by molar-refractivity contribution is 5.86. The van der Waals surface area contributed by atoms with E-state index in [1.165, 1.54) is 11.6 Å². The zero-order valence-electron chi connectivity index (χ0n) is 10.8. The lowest BCUT2D eigenvalue weighted by atomic mass is 10.1. The Kier molecular flexibility index (Phi) is 3.51. The molecule has 0 bridgehead atoms. The van der Waals surface area contributed by atoms with Gasteiger partial charge in [0.2, 0.25) is 0 Å². The molecular formula is C15H16O3. The lowest BCUT2D eigenvalue weighted by molar-refractivity contribution is 0.362. The number of allylic oxidation sites excluding steroid dienone is 1. The maximum Gasteiger partial charge on any atom is 0.339 e. The molecule has 0 atom stereocenters. The molecule has 0 unspecified atom stereocenters. The minimum atomic E-state index is -0.389. The van der Waals surface area contributed by atoms with Gasteiger partial charge in [-0.05, 0) is 38.5 Å². The normalized spacial score (nSPS) is 10.4. The first-order valence-electron chi connectivity index (χ1n) is 5.87. The van der Waals surface area contributed by atoms with Gasteiger partial charge in [0.25, 0.3) is 0 Å². The fraction of sp³-hybridized carbons (Fsp3) is 0.267. The highest BCUT2D eigenvalue weighted by Crippen LogP contribution is 2.26. The van der Waals surface area contributed by atoms with Crippen LogP contribution in [0.1, 0.15) is 19.4 Å². The van der Waals surface area contributed by atoms with Crippen LogP contribution < -0.4 is 10.4 Å². The number of fused-ring (bicyclic) bond motifs is 1. The maximum atomic E-state index is 11.5. The van der Waals surface area contributed by atoms with E-state index >= 15 is 0 Å². The Labute approximate surface area is 106 Å². The van der Waals surface area contributed by atoms with Crippen molar-refractivity contribution in [1.82, 2.24) is 0 Å². The molecule has 3 heteroatoms. The Morgan fingerprint density at radius 2 is 2.17 bits per heavy atom. The van der Waals surface area contributed by atoms with E-state index in [2.05, 4.69) is 0 Å². The summed E-state index contributed by atoms with van der Waals surface area (Å²) in [6, 6.07) is 7.00. The molecule has 0 saturated carbocycles. The van der Waals surface area contributed by atoms with Crippen molar-refractivity contribution in [2.75, 3.05) is 6.61 Å². The highest BCUT2D eigenvalue weighted by atomic mass is 16.5. The van der Waals surface area contributed by atoms with Crippen LogP contribution in [0.2, 0.25) is 0 Å². The van der Waals surface area contributed by atoms with Gasteiger partial charge in [-0.15, -0.1) is 0 Å².